The number of nitrogens with zero attached hydrogens (tertiary/aromatic N) is 3. The number of hydrogen-bond acceptors (Lipinski definition) is 5. The third-order valence-corrected chi connectivity index (χ3v) is 4.47. The Balaban J connectivity index is 1.98. The Morgan fingerprint density at radius 3 is 2.89 bits per heavy atom. The predicted molar refractivity (Wildman–Crippen MR) is 77.0 cm³/mol. The molecule has 2 aromatic heterocycles. The second-order valence-corrected chi connectivity index (χ2v) is 6.34. The monoisotopic (exact) mass is 282 g/mol. The van der Waals surface area contributed by atoms with E-state index in [2.05, 4.69) is 46.1 Å². The molecule has 0 fully saturated rings. The van der Waals surface area contributed by atoms with Crippen molar-refractivity contribution < 1.29 is 0 Å². The average molecular weight is 282 g/mol. The highest BCUT2D eigenvalue weighted by Gasteiger charge is 2.13. The minimum absolute atomic E-state index is 0.350. The van der Waals surface area contributed by atoms with E-state index in [0.29, 0.717) is 12.6 Å². The van der Waals surface area contributed by atoms with Crippen LogP contribution in [-0.2, 0) is 13.0 Å². The van der Waals surface area contributed by atoms with Crippen LogP contribution in [0.1, 0.15) is 30.6 Å². The van der Waals surface area contributed by atoms with E-state index in [1.54, 1.807) is 23.1 Å². The molecule has 2 N–H and O–H groups in total. The van der Waals surface area contributed by atoms with Gasteiger partial charge in [0.2, 0.25) is 0 Å². The normalized spacial score (nSPS) is 11.3. The van der Waals surface area contributed by atoms with Crippen LogP contribution >= 0.6 is 23.1 Å². The number of thioether (sulfide) groups is 1. The molecular formula is C12H18N4S2. The highest BCUT2D eigenvalue weighted by molar-refractivity contribution is 7.99. The summed E-state index contributed by atoms with van der Waals surface area (Å²) < 4.78 is 2.12. The lowest BCUT2D eigenvalue weighted by molar-refractivity contribution is 0.526. The van der Waals surface area contributed by atoms with Gasteiger partial charge in [-0.25, -0.2) is 0 Å². The fraction of sp³-hybridized carbons (Fsp3) is 0.500. The van der Waals surface area contributed by atoms with Gasteiger partial charge in [0.1, 0.15) is 5.82 Å². The molecule has 4 nitrogen and oxygen atoms in total. The van der Waals surface area contributed by atoms with Crippen LogP contribution in [-0.4, -0.2) is 20.5 Å². The topological polar surface area (TPSA) is 56.7 Å². The Labute approximate surface area is 116 Å². The maximum Gasteiger partial charge on any atom is 0.191 e. The Bertz CT molecular complexity index is 476. The maximum absolute atomic E-state index is 5.68. The van der Waals surface area contributed by atoms with Crippen LogP contribution in [0.2, 0.25) is 0 Å². The highest BCUT2D eigenvalue weighted by atomic mass is 32.2. The van der Waals surface area contributed by atoms with Gasteiger partial charge < -0.3 is 10.3 Å². The van der Waals surface area contributed by atoms with E-state index in [0.717, 1.165) is 23.2 Å². The van der Waals surface area contributed by atoms with Gasteiger partial charge in [-0.1, -0.05) is 17.8 Å². The number of thiophene rings is 1. The first-order valence-corrected chi connectivity index (χ1v) is 7.88. The molecule has 0 aliphatic rings. The minimum atomic E-state index is 0.350. The van der Waals surface area contributed by atoms with Crippen molar-refractivity contribution in [1.82, 2.24) is 14.8 Å². The number of rotatable bonds is 6. The van der Waals surface area contributed by atoms with Crippen molar-refractivity contribution in [2.45, 2.75) is 38.0 Å². The molecule has 0 aliphatic heterocycles. The molecular weight excluding hydrogens is 264 g/mol. The Morgan fingerprint density at radius 1 is 1.44 bits per heavy atom. The lowest BCUT2D eigenvalue weighted by Crippen LogP contribution is -2.11. The smallest absolute Gasteiger partial charge is 0.191 e. The highest BCUT2D eigenvalue weighted by Crippen LogP contribution is 2.23. The molecule has 0 unspecified atom stereocenters. The van der Waals surface area contributed by atoms with E-state index in [9.17, 15) is 0 Å². The standard InChI is InChI=1S/C12H18N4S2/c1-9(2)16-11(8-13)14-15-12(16)18-7-5-10-4-3-6-17-10/h3-4,6,9H,5,7-8,13H2,1-2H3. The zero-order chi connectivity index (χ0) is 13.0. The first kappa shape index (κ1) is 13.6. The van der Waals surface area contributed by atoms with Gasteiger partial charge in [0.05, 0.1) is 6.54 Å². The third kappa shape index (κ3) is 3.13. The van der Waals surface area contributed by atoms with E-state index >= 15 is 0 Å². The Hall–Kier alpha value is -0.850. The van der Waals surface area contributed by atoms with Crippen LogP contribution < -0.4 is 5.73 Å². The van der Waals surface area contributed by atoms with Crippen molar-refractivity contribution in [2.75, 3.05) is 5.75 Å². The van der Waals surface area contributed by atoms with Crippen molar-refractivity contribution in [1.29, 1.82) is 0 Å². The molecule has 18 heavy (non-hydrogen) atoms. The molecule has 0 amide bonds. The summed E-state index contributed by atoms with van der Waals surface area (Å²) in [5.74, 6) is 1.89. The molecule has 2 rings (SSSR count). The average Bonchev–Trinajstić information content (AvgIpc) is 2.97. The third-order valence-electron chi connectivity index (χ3n) is 2.59. The molecule has 6 heteroatoms. The minimum Gasteiger partial charge on any atom is -0.324 e. The summed E-state index contributed by atoms with van der Waals surface area (Å²) in [7, 11) is 0. The van der Waals surface area contributed by atoms with E-state index in [-0.39, 0.29) is 0 Å². The largest absolute Gasteiger partial charge is 0.324 e. The number of hydrogen-bond donors (Lipinski definition) is 1. The van der Waals surface area contributed by atoms with E-state index in [1.165, 1.54) is 4.88 Å². The van der Waals surface area contributed by atoms with Crippen LogP contribution in [0.3, 0.4) is 0 Å². The predicted octanol–water partition coefficient (Wildman–Crippen LogP) is 2.71. The van der Waals surface area contributed by atoms with Gasteiger partial charge in [-0.05, 0) is 31.7 Å². The summed E-state index contributed by atoms with van der Waals surface area (Å²) in [5.41, 5.74) is 5.68. The fourth-order valence-corrected chi connectivity index (χ4v) is 3.66. The summed E-state index contributed by atoms with van der Waals surface area (Å²) in [6, 6.07) is 4.61. The van der Waals surface area contributed by atoms with Gasteiger partial charge >= 0.3 is 0 Å². The SMILES string of the molecule is CC(C)n1c(CN)nnc1SCCc1cccs1. The molecule has 0 saturated heterocycles. The van der Waals surface area contributed by atoms with Gasteiger partial charge in [0.15, 0.2) is 5.16 Å². The van der Waals surface area contributed by atoms with Gasteiger partial charge in [0.25, 0.3) is 0 Å². The summed E-state index contributed by atoms with van der Waals surface area (Å²) in [5, 5.41) is 11.5. The zero-order valence-corrected chi connectivity index (χ0v) is 12.3. The van der Waals surface area contributed by atoms with Crippen LogP contribution in [0, 0.1) is 0 Å². The van der Waals surface area contributed by atoms with Crippen LogP contribution in [0.15, 0.2) is 22.7 Å². The first-order chi connectivity index (χ1) is 8.72. The Kier molecular flexibility index (Phi) is 4.79. The number of aryl methyl sites for hydroxylation is 1. The van der Waals surface area contributed by atoms with Gasteiger partial charge in [-0.15, -0.1) is 21.5 Å². The van der Waals surface area contributed by atoms with Crippen LogP contribution in [0.25, 0.3) is 0 Å². The second-order valence-electron chi connectivity index (χ2n) is 4.24. The van der Waals surface area contributed by atoms with E-state index in [4.69, 9.17) is 5.73 Å². The summed E-state index contributed by atoms with van der Waals surface area (Å²) in [6.45, 7) is 4.70. The van der Waals surface area contributed by atoms with E-state index in [1.807, 2.05) is 0 Å². The molecule has 0 aromatic carbocycles. The summed E-state index contributed by atoms with van der Waals surface area (Å²) in [6.07, 6.45) is 1.07. The molecule has 0 atom stereocenters. The van der Waals surface area contributed by atoms with Gasteiger partial charge in [-0.3, -0.25) is 0 Å². The summed E-state index contributed by atoms with van der Waals surface area (Å²) >= 11 is 3.55. The lowest BCUT2D eigenvalue weighted by atomic mass is 10.4. The number of nitrogens with two attached hydrogens (primary N) is 1. The van der Waals surface area contributed by atoms with Crippen molar-refractivity contribution in [3.8, 4) is 0 Å². The first-order valence-electron chi connectivity index (χ1n) is 6.01. The van der Waals surface area contributed by atoms with Gasteiger partial charge in [0, 0.05) is 16.7 Å². The van der Waals surface area contributed by atoms with Crippen LogP contribution in [0.4, 0.5) is 0 Å². The zero-order valence-electron chi connectivity index (χ0n) is 10.7. The quantitative estimate of drug-likeness (QED) is 0.828. The van der Waals surface area contributed by atoms with Crippen LogP contribution in [0.5, 0.6) is 0 Å². The molecule has 0 bridgehead atoms. The molecule has 2 aromatic rings. The molecule has 0 spiro atoms. The molecule has 2 heterocycles. The Morgan fingerprint density at radius 2 is 2.28 bits per heavy atom. The second kappa shape index (κ2) is 6.36. The van der Waals surface area contributed by atoms with E-state index < -0.39 is 0 Å². The maximum atomic E-state index is 5.68. The van der Waals surface area contributed by atoms with Crippen molar-refractivity contribution >= 4 is 23.1 Å². The lowest BCUT2D eigenvalue weighted by Gasteiger charge is -2.12. The molecule has 0 aliphatic carbocycles. The molecule has 0 saturated carbocycles. The summed E-state index contributed by atoms with van der Waals surface area (Å²) in [4.78, 5) is 1.41. The van der Waals surface area contributed by atoms with Crippen molar-refractivity contribution in [3.63, 3.8) is 0 Å². The van der Waals surface area contributed by atoms with Gasteiger partial charge in [-0.2, -0.15) is 0 Å². The molecule has 0 radical (unpaired) electrons. The molecule has 98 valence electrons. The van der Waals surface area contributed by atoms with Crippen molar-refractivity contribution in [3.05, 3.63) is 28.2 Å². The van der Waals surface area contributed by atoms with Crippen molar-refractivity contribution in [2.24, 2.45) is 5.73 Å². The fourth-order valence-electron chi connectivity index (χ4n) is 1.76. The number of aromatic nitrogens is 3.